The van der Waals surface area contributed by atoms with E-state index in [0.717, 1.165) is 45.1 Å². The maximum Gasteiger partial charge on any atom is 0.154 e. The minimum atomic E-state index is -2.88. The van der Waals surface area contributed by atoms with Gasteiger partial charge in [-0.3, -0.25) is 0 Å². The molecule has 0 spiro atoms. The van der Waals surface area contributed by atoms with Gasteiger partial charge in [-0.25, -0.2) is 8.42 Å². The fourth-order valence-corrected chi connectivity index (χ4v) is 4.76. The highest BCUT2D eigenvalue weighted by atomic mass is 32.2. The van der Waals surface area contributed by atoms with Gasteiger partial charge in [-0.2, -0.15) is 0 Å². The minimum Gasteiger partial charge on any atom is -0.377 e. The largest absolute Gasteiger partial charge is 0.377 e. The summed E-state index contributed by atoms with van der Waals surface area (Å²) in [7, 11) is -2.88. The van der Waals surface area contributed by atoms with Gasteiger partial charge >= 0.3 is 0 Å². The summed E-state index contributed by atoms with van der Waals surface area (Å²) in [5, 5.41) is 3.23. The average molecular weight is 275 g/mol. The molecule has 1 aliphatic heterocycles. The molecule has 0 radical (unpaired) electrons. The highest BCUT2D eigenvalue weighted by Gasteiger charge is 2.28. The summed E-state index contributed by atoms with van der Waals surface area (Å²) in [4.78, 5) is 0. The molecule has 2 rings (SSSR count). The number of sulfone groups is 1. The van der Waals surface area contributed by atoms with Crippen molar-refractivity contribution < 1.29 is 13.2 Å². The molecule has 0 amide bonds. The molecule has 0 aromatic carbocycles. The van der Waals surface area contributed by atoms with Crippen molar-refractivity contribution in [3.63, 3.8) is 0 Å². The monoisotopic (exact) mass is 275 g/mol. The van der Waals surface area contributed by atoms with Crippen molar-refractivity contribution >= 4 is 9.84 Å². The van der Waals surface area contributed by atoms with Gasteiger partial charge < -0.3 is 10.1 Å². The predicted octanol–water partition coefficient (Wildman–Crippen LogP) is 1.50. The van der Waals surface area contributed by atoms with Crippen LogP contribution in [0.1, 0.15) is 45.4 Å². The third kappa shape index (κ3) is 3.68. The molecular weight excluding hydrogens is 250 g/mol. The summed E-state index contributed by atoms with van der Waals surface area (Å²) in [5.74, 6) is 0.273. The summed E-state index contributed by atoms with van der Waals surface area (Å²) in [6.07, 6.45) is 6.35. The summed E-state index contributed by atoms with van der Waals surface area (Å²) in [5.41, 5.74) is 0. The van der Waals surface area contributed by atoms with Crippen LogP contribution in [0.3, 0.4) is 0 Å². The fourth-order valence-electron chi connectivity index (χ4n) is 2.97. The van der Waals surface area contributed by atoms with Crippen molar-refractivity contribution in [1.82, 2.24) is 5.32 Å². The lowest BCUT2D eigenvalue weighted by molar-refractivity contribution is 0.0844. The first-order valence-electron chi connectivity index (χ1n) is 7.16. The van der Waals surface area contributed by atoms with Gasteiger partial charge in [0.2, 0.25) is 0 Å². The van der Waals surface area contributed by atoms with E-state index in [1.807, 2.05) is 0 Å². The smallest absolute Gasteiger partial charge is 0.154 e. The zero-order valence-corrected chi connectivity index (χ0v) is 12.0. The standard InChI is InChI=1S/C13H25NO3S/c1-11(13-7-4-9-17-13)14-8-10-18(15,16)12-5-2-3-6-12/h11-14H,2-10H2,1H3. The van der Waals surface area contributed by atoms with E-state index >= 15 is 0 Å². The van der Waals surface area contributed by atoms with Crippen molar-refractivity contribution in [2.24, 2.45) is 0 Å². The second-order valence-corrected chi connectivity index (χ2v) is 7.97. The van der Waals surface area contributed by atoms with Crippen LogP contribution in [0.5, 0.6) is 0 Å². The van der Waals surface area contributed by atoms with Crippen molar-refractivity contribution in [3.05, 3.63) is 0 Å². The van der Waals surface area contributed by atoms with Gasteiger partial charge in [0.25, 0.3) is 0 Å². The number of rotatable bonds is 6. The Morgan fingerprint density at radius 1 is 1.22 bits per heavy atom. The lowest BCUT2D eigenvalue weighted by Gasteiger charge is -2.20. The Morgan fingerprint density at radius 3 is 2.56 bits per heavy atom. The zero-order chi connectivity index (χ0) is 13.0. The van der Waals surface area contributed by atoms with Crippen LogP contribution in [0.4, 0.5) is 0 Å². The maximum absolute atomic E-state index is 12.1. The van der Waals surface area contributed by atoms with Crippen LogP contribution < -0.4 is 5.32 Å². The van der Waals surface area contributed by atoms with E-state index in [1.165, 1.54) is 0 Å². The molecule has 1 heterocycles. The van der Waals surface area contributed by atoms with Gasteiger partial charge in [-0.05, 0) is 32.6 Å². The van der Waals surface area contributed by atoms with Crippen LogP contribution in [-0.2, 0) is 14.6 Å². The number of hydrogen-bond donors (Lipinski definition) is 1. The summed E-state index contributed by atoms with van der Waals surface area (Å²) >= 11 is 0. The van der Waals surface area contributed by atoms with Gasteiger partial charge in [-0.15, -0.1) is 0 Å². The van der Waals surface area contributed by atoms with Gasteiger partial charge in [-0.1, -0.05) is 12.8 Å². The van der Waals surface area contributed by atoms with Crippen LogP contribution in [0.2, 0.25) is 0 Å². The molecule has 1 aliphatic carbocycles. The maximum atomic E-state index is 12.1. The van der Waals surface area contributed by atoms with Gasteiger partial charge in [0, 0.05) is 19.2 Å². The Kier molecular flexibility index (Phi) is 5.04. The first-order valence-corrected chi connectivity index (χ1v) is 8.88. The van der Waals surface area contributed by atoms with E-state index in [2.05, 4.69) is 12.2 Å². The minimum absolute atomic E-state index is 0.0719. The van der Waals surface area contributed by atoms with Crippen molar-refractivity contribution in [2.75, 3.05) is 18.9 Å². The second-order valence-electron chi connectivity index (χ2n) is 5.57. The Hall–Kier alpha value is -0.130. The molecule has 4 nitrogen and oxygen atoms in total. The topological polar surface area (TPSA) is 55.4 Å². The van der Waals surface area contributed by atoms with Crippen molar-refractivity contribution in [2.45, 2.75) is 62.8 Å². The third-order valence-corrected chi connectivity index (χ3v) is 6.45. The Labute approximate surface area is 110 Å². The molecule has 1 saturated heterocycles. The zero-order valence-electron chi connectivity index (χ0n) is 11.2. The lowest BCUT2D eigenvalue weighted by Crippen LogP contribution is -2.40. The molecule has 1 saturated carbocycles. The van der Waals surface area contributed by atoms with E-state index in [1.54, 1.807) is 0 Å². The van der Waals surface area contributed by atoms with E-state index in [4.69, 9.17) is 4.74 Å². The molecule has 2 aliphatic rings. The molecule has 0 aromatic rings. The highest BCUT2D eigenvalue weighted by molar-refractivity contribution is 7.92. The summed E-state index contributed by atoms with van der Waals surface area (Å²) in [6.45, 7) is 3.48. The predicted molar refractivity (Wildman–Crippen MR) is 72.5 cm³/mol. The normalized spacial score (nSPS) is 27.7. The molecular formula is C13H25NO3S. The number of hydrogen-bond acceptors (Lipinski definition) is 4. The first kappa shape index (κ1) is 14.3. The van der Waals surface area contributed by atoms with E-state index in [9.17, 15) is 8.42 Å². The summed E-state index contributed by atoms with van der Waals surface area (Å²) in [6, 6.07) is 0.256. The number of nitrogens with one attached hydrogen (secondary N) is 1. The van der Waals surface area contributed by atoms with Gasteiger partial charge in [0.05, 0.1) is 17.1 Å². The fraction of sp³-hybridized carbons (Fsp3) is 1.00. The Balaban J connectivity index is 1.70. The van der Waals surface area contributed by atoms with Crippen molar-refractivity contribution in [3.8, 4) is 0 Å². The highest BCUT2D eigenvalue weighted by Crippen LogP contribution is 2.25. The number of ether oxygens (including phenoxy) is 1. The molecule has 2 unspecified atom stereocenters. The van der Waals surface area contributed by atoms with E-state index in [0.29, 0.717) is 6.54 Å². The molecule has 2 atom stereocenters. The molecule has 18 heavy (non-hydrogen) atoms. The molecule has 106 valence electrons. The molecule has 5 heteroatoms. The Bertz CT molecular complexity index is 343. The lowest BCUT2D eigenvalue weighted by atomic mass is 10.1. The van der Waals surface area contributed by atoms with Gasteiger partial charge in [0.15, 0.2) is 9.84 Å². The van der Waals surface area contributed by atoms with Gasteiger partial charge in [0.1, 0.15) is 0 Å². The molecule has 2 fully saturated rings. The van der Waals surface area contributed by atoms with Crippen LogP contribution in [0.25, 0.3) is 0 Å². The van der Waals surface area contributed by atoms with Crippen LogP contribution in [0, 0.1) is 0 Å². The first-order chi connectivity index (χ1) is 8.59. The molecule has 1 N–H and O–H groups in total. The Morgan fingerprint density at radius 2 is 1.94 bits per heavy atom. The van der Waals surface area contributed by atoms with Crippen molar-refractivity contribution in [1.29, 1.82) is 0 Å². The SMILES string of the molecule is CC(NCCS(=O)(=O)C1CCCC1)C1CCCO1. The molecule has 0 bridgehead atoms. The van der Waals surface area contributed by atoms with E-state index < -0.39 is 9.84 Å². The second kappa shape index (κ2) is 6.35. The van der Waals surface area contributed by atoms with Crippen LogP contribution in [-0.4, -0.2) is 44.7 Å². The molecule has 0 aromatic heterocycles. The van der Waals surface area contributed by atoms with Crippen LogP contribution >= 0.6 is 0 Å². The quantitative estimate of drug-likeness (QED) is 0.798. The third-order valence-electron chi connectivity index (χ3n) is 4.19. The average Bonchev–Trinajstić information content (AvgIpc) is 3.02. The summed E-state index contributed by atoms with van der Waals surface area (Å²) < 4.78 is 29.7. The van der Waals surface area contributed by atoms with E-state index in [-0.39, 0.29) is 23.1 Å². The van der Waals surface area contributed by atoms with Crippen LogP contribution in [0.15, 0.2) is 0 Å².